The Morgan fingerprint density at radius 2 is 1.83 bits per heavy atom. The number of hydrogen-bond donors (Lipinski definition) is 2. The summed E-state index contributed by atoms with van der Waals surface area (Å²) in [6.07, 6.45) is 0. The van der Waals surface area contributed by atoms with Crippen LogP contribution in [0.1, 0.15) is 0 Å². The third-order valence-electron chi connectivity index (χ3n) is 0.995. The predicted octanol–water partition coefficient (Wildman–Crippen LogP) is -0.266. The van der Waals surface area contributed by atoms with E-state index in [1.165, 1.54) is 0 Å². The van der Waals surface area contributed by atoms with Crippen LogP contribution < -0.4 is 0 Å². The second kappa shape index (κ2) is 4.32. The third kappa shape index (κ3) is 10.0. The zero-order chi connectivity index (χ0) is 9.83. The maximum atomic E-state index is 10.1. The zero-order valence-corrected chi connectivity index (χ0v) is 8.32. The molecule has 0 fully saturated rings. The largest absolute Gasteiger partial charge is 0.496 e. The van der Waals surface area contributed by atoms with Crippen molar-refractivity contribution in [2.75, 3.05) is 34.3 Å². The van der Waals surface area contributed by atoms with Crippen LogP contribution in [0.3, 0.4) is 0 Å². The molecule has 0 aliphatic rings. The van der Waals surface area contributed by atoms with E-state index in [1.807, 2.05) is 21.1 Å². The summed E-state index contributed by atoms with van der Waals surface area (Å²) < 4.78 is 14.5. The predicted molar refractivity (Wildman–Crippen MR) is 42.0 cm³/mol. The number of rotatable bonds is 5. The minimum absolute atomic E-state index is 0.147. The van der Waals surface area contributed by atoms with E-state index < -0.39 is 7.82 Å². The molecule has 2 N–H and O–H groups in total. The highest BCUT2D eigenvalue weighted by Gasteiger charge is 2.16. The lowest BCUT2D eigenvalue weighted by Gasteiger charge is -2.22. The number of phosphoric acid groups is 1. The molecule has 0 radical (unpaired) electrons. The fourth-order valence-corrected chi connectivity index (χ4v) is 0.629. The van der Waals surface area contributed by atoms with Gasteiger partial charge in [-0.3, -0.25) is 0 Å². The lowest BCUT2D eigenvalue weighted by Crippen LogP contribution is -2.37. The maximum absolute atomic E-state index is 10.1. The van der Waals surface area contributed by atoms with Crippen LogP contribution in [0.15, 0.2) is 0 Å². The van der Waals surface area contributed by atoms with Crippen molar-refractivity contribution in [3.05, 3.63) is 0 Å². The Labute approximate surface area is 71.5 Å². The third-order valence-corrected chi connectivity index (χ3v) is 1.29. The fraction of sp³-hybridized carbons (Fsp3) is 1.00. The second-order valence-corrected chi connectivity index (χ2v) is 4.53. The monoisotopic (exact) mass is 200 g/mol. The van der Waals surface area contributed by atoms with Crippen LogP contribution in [0.25, 0.3) is 0 Å². The Kier molecular flexibility index (Phi) is 4.33. The minimum Gasteiger partial charge on any atom is -0.329 e. The molecule has 0 bridgehead atoms. The lowest BCUT2D eigenvalue weighted by molar-refractivity contribution is -0.871. The molecule has 12 heavy (non-hydrogen) atoms. The molecule has 0 aromatic heterocycles. The molecular weight excluding hydrogens is 185 g/mol. The van der Waals surface area contributed by atoms with Gasteiger partial charge in [0.1, 0.15) is 13.2 Å². The van der Waals surface area contributed by atoms with Crippen molar-refractivity contribution in [1.29, 1.82) is 0 Å². The highest BCUT2D eigenvalue weighted by Crippen LogP contribution is 2.35. The first-order chi connectivity index (χ1) is 5.21. The van der Waals surface area contributed by atoms with Gasteiger partial charge in [-0.1, -0.05) is 0 Å². The van der Waals surface area contributed by atoms with Crippen LogP contribution in [-0.4, -0.2) is 48.6 Å². The van der Waals surface area contributed by atoms with Crippen molar-refractivity contribution >= 4 is 7.82 Å². The molecule has 74 valence electrons. The van der Waals surface area contributed by atoms with Gasteiger partial charge in [0.05, 0.1) is 21.1 Å². The van der Waals surface area contributed by atoms with E-state index in [0.29, 0.717) is 11.0 Å². The number of quaternary nitrogens is 1. The first-order valence-electron chi connectivity index (χ1n) is 3.38. The molecule has 0 atom stereocenters. The number of hydrogen-bond acceptors (Lipinski definition) is 3. The second-order valence-electron chi connectivity index (χ2n) is 3.40. The smallest absolute Gasteiger partial charge is 0.329 e. The van der Waals surface area contributed by atoms with Crippen LogP contribution in [0.5, 0.6) is 0 Å². The molecule has 0 unspecified atom stereocenters. The molecule has 0 rings (SSSR count). The summed E-state index contributed by atoms with van der Waals surface area (Å²) >= 11 is 0. The molecule has 6 nitrogen and oxygen atoms in total. The Balaban J connectivity index is 3.41. The average Bonchev–Trinajstić information content (AvgIpc) is 1.76. The molecule has 0 aliphatic heterocycles. The van der Waals surface area contributed by atoms with E-state index in [0.717, 1.165) is 0 Å². The first kappa shape index (κ1) is 12.0. The molecule has 0 heterocycles. The van der Waals surface area contributed by atoms with Crippen molar-refractivity contribution in [3.8, 4) is 0 Å². The quantitative estimate of drug-likeness (QED) is 0.210. The molecule has 0 aliphatic carbocycles. The van der Waals surface area contributed by atoms with Crippen LogP contribution in [0, 0.1) is 0 Å². The van der Waals surface area contributed by atoms with Crippen molar-refractivity contribution in [3.63, 3.8) is 0 Å². The molecular formula is C5H15NO5P+. The Bertz CT molecular complexity index is 171. The maximum Gasteiger partial charge on any atom is 0.496 e. The standard InChI is InChI=1S/C5H14NO5P/c1-6(2,3)4-5-10-11-12(7,8)9/h4-5H2,1-3H3,(H-,7,8,9)/p+1. The summed E-state index contributed by atoms with van der Waals surface area (Å²) in [6.45, 7) is 0.759. The van der Waals surface area contributed by atoms with Gasteiger partial charge in [-0.15, -0.1) is 4.67 Å². The Morgan fingerprint density at radius 3 is 2.17 bits per heavy atom. The molecule has 0 amide bonds. The van der Waals surface area contributed by atoms with Crippen LogP contribution in [0.4, 0.5) is 0 Å². The fourth-order valence-electron chi connectivity index (χ4n) is 0.417. The van der Waals surface area contributed by atoms with Gasteiger partial charge in [-0.2, -0.15) is 0 Å². The zero-order valence-electron chi connectivity index (χ0n) is 7.43. The number of nitrogens with zero attached hydrogens (tertiary/aromatic N) is 1. The topological polar surface area (TPSA) is 76.0 Å². The molecule has 0 saturated heterocycles. The summed E-state index contributed by atoms with van der Waals surface area (Å²) in [6, 6.07) is 0. The normalized spacial score (nSPS) is 13.4. The molecule has 0 aromatic carbocycles. The van der Waals surface area contributed by atoms with Crippen LogP contribution in [-0.2, 0) is 14.1 Å². The van der Waals surface area contributed by atoms with Gasteiger partial charge >= 0.3 is 7.82 Å². The summed E-state index contributed by atoms with van der Waals surface area (Å²) in [5.41, 5.74) is 0. The van der Waals surface area contributed by atoms with Gasteiger partial charge in [0.2, 0.25) is 0 Å². The minimum atomic E-state index is -4.48. The van der Waals surface area contributed by atoms with Gasteiger partial charge in [0.15, 0.2) is 0 Å². The van der Waals surface area contributed by atoms with Crippen molar-refractivity contribution in [2.24, 2.45) is 0 Å². The van der Waals surface area contributed by atoms with Crippen LogP contribution >= 0.6 is 7.82 Å². The van der Waals surface area contributed by atoms with E-state index in [1.54, 1.807) is 0 Å². The van der Waals surface area contributed by atoms with Gasteiger partial charge in [-0.05, 0) is 0 Å². The summed E-state index contributed by atoms with van der Waals surface area (Å²) in [5.74, 6) is 0. The van der Waals surface area contributed by atoms with E-state index in [4.69, 9.17) is 9.79 Å². The Hall–Kier alpha value is 0.0300. The van der Waals surface area contributed by atoms with Crippen LogP contribution in [0.2, 0.25) is 0 Å². The molecule has 7 heteroatoms. The summed E-state index contributed by atoms with van der Waals surface area (Å²) in [4.78, 5) is 20.7. The first-order valence-corrected chi connectivity index (χ1v) is 4.91. The van der Waals surface area contributed by atoms with Crippen molar-refractivity contribution < 1.29 is 28.4 Å². The molecule has 0 saturated carbocycles. The average molecular weight is 200 g/mol. The van der Waals surface area contributed by atoms with E-state index in [-0.39, 0.29) is 6.61 Å². The van der Waals surface area contributed by atoms with E-state index in [2.05, 4.69) is 9.56 Å². The lowest BCUT2D eigenvalue weighted by atomic mass is 10.5. The van der Waals surface area contributed by atoms with Gasteiger partial charge < -0.3 is 14.3 Å². The summed E-state index contributed by atoms with van der Waals surface area (Å²) in [5, 5.41) is 0. The molecule has 0 aromatic rings. The van der Waals surface area contributed by atoms with Crippen molar-refractivity contribution in [1.82, 2.24) is 0 Å². The SMILES string of the molecule is C[N+](C)(C)CCOOP(=O)(O)O. The Morgan fingerprint density at radius 1 is 1.33 bits per heavy atom. The highest BCUT2D eigenvalue weighted by molar-refractivity contribution is 7.46. The van der Waals surface area contributed by atoms with Gasteiger partial charge in [0.25, 0.3) is 0 Å². The number of likely N-dealkylation sites (N-methyl/N-ethyl adjacent to an activating group) is 1. The van der Waals surface area contributed by atoms with E-state index >= 15 is 0 Å². The highest BCUT2D eigenvalue weighted by atomic mass is 31.2. The van der Waals surface area contributed by atoms with Crippen molar-refractivity contribution in [2.45, 2.75) is 0 Å². The van der Waals surface area contributed by atoms with E-state index in [9.17, 15) is 4.57 Å². The van der Waals surface area contributed by atoms with Gasteiger partial charge in [-0.25, -0.2) is 9.45 Å². The summed E-state index contributed by atoms with van der Waals surface area (Å²) in [7, 11) is 1.32. The van der Waals surface area contributed by atoms with Gasteiger partial charge in [0, 0.05) is 0 Å². The molecule has 0 spiro atoms.